The number of amides is 1. The van der Waals surface area contributed by atoms with Crippen LogP contribution in [0.4, 0.5) is 0 Å². The molecular weight excluding hydrogens is 370 g/mol. The summed E-state index contributed by atoms with van der Waals surface area (Å²) in [4.78, 5) is 30.2. The highest BCUT2D eigenvalue weighted by molar-refractivity contribution is 7.13. The number of hydrogen-bond acceptors (Lipinski definition) is 4. The third-order valence-corrected chi connectivity index (χ3v) is 7.73. The van der Waals surface area contributed by atoms with Crippen molar-refractivity contribution >= 4 is 17.2 Å². The van der Waals surface area contributed by atoms with Gasteiger partial charge in [-0.1, -0.05) is 6.07 Å². The van der Waals surface area contributed by atoms with E-state index in [9.17, 15) is 9.59 Å². The molecule has 3 aliphatic rings. The summed E-state index contributed by atoms with van der Waals surface area (Å²) in [5.41, 5.74) is 2.64. The van der Waals surface area contributed by atoms with Crippen LogP contribution in [0.1, 0.15) is 37.8 Å². The van der Waals surface area contributed by atoms with Gasteiger partial charge >= 0.3 is 0 Å². The Hall–Kier alpha value is -1.92. The smallest absolute Gasteiger partial charge is 0.250 e. The molecule has 148 valence electrons. The molecule has 6 heteroatoms. The Morgan fingerprint density at radius 3 is 2.64 bits per heavy atom. The van der Waals surface area contributed by atoms with Gasteiger partial charge in [-0.2, -0.15) is 0 Å². The van der Waals surface area contributed by atoms with E-state index in [1.165, 1.54) is 22.6 Å². The van der Waals surface area contributed by atoms with Crippen molar-refractivity contribution < 1.29 is 4.79 Å². The van der Waals surface area contributed by atoms with Crippen LogP contribution in [0.25, 0.3) is 10.4 Å². The van der Waals surface area contributed by atoms with Crippen LogP contribution >= 0.6 is 11.3 Å². The lowest BCUT2D eigenvalue weighted by atomic mass is 9.80. The van der Waals surface area contributed by atoms with E-state index in [4.69, 9.17) is 0 Å². The second-order valence-electron chi connectivity index (χ2n) is 8.55. The molecule has 3 aliphatic heterocycles. The molecule has 0 aliphatic carbocycles. The summed E-state index contributed by atoms with van der Waals surface area (Å²) in [6.07, 6.45) is 3.32. The summed E-state index contributed by atoms with van der Waals surface area (Å²) in [6.45, 7) is 6.38. The Morgan fingerprint density at radius 1 is 1.11 bits per heavy atom. The molecule has 2 aromatic heterocycles. The third kappa shape index (κ3) is 3.12. The van der Waals surface area contributed by atoms with Gasteiger partial charge in [0.05, 0.1) is 0 Å². The van der Waals surface area contributed by atoms with Crippen molar-refractivity contribution in [2.24, 2.45) is 5.92 Å². The summed E-state index contributed by atoms with van der Waals surface area (Å²) >= 11 is 1.75. The highest BCUT2D eigenvalue weighted by atomic mass is 32.1. The van der Waals surface area contributed by atoms with Crippen LogP contribution in [0, 0.1) is 5.92 Å². The normalized spacial score (nSPS) is 25.5. The molecule has 0 unspecified atom stereocenters. The first kappa shape index (κ1) is 18.1. The number of likely N-dealkylation sites (tertiary alicyclic amines) is 2. The monoisotopic (exact) mass is 397 g/mol. The maximum Gasteiger partial charge on any atom is 0.250 e. The highest BCUT2D eigenvalue weighted by Gasteiger charge is 2.39. The van der Waals surface area contributed by atoms with Crippen LogP contribution in [0.2, 0.25) is 0 Å². The quantitative estimate of drug-likeness (QED) is 0.783. The minimum atomic E-state index is 0.147. The average molecular weight is 398 g/mol. The van der Waals surface area contributed by atoms with E-state index >= 15 is 0 Å². The molecule has 5 heterocycles. The van der Waals surface area contributed by atoms with E-state index in [0.717, 1.165) is 45.6 Å². The zero-order valence-corrected chi connectivity index (χ0v) is 17.2. The minimum Gasteiger partial charge on any atom is -0.343 e. The van der Waals surface area contributed by atoms with Gasteiger partial charge in [-0.15, -0.1) is 11.3 Å². The Morgan fingerprint density at radius 2 is 1.93 bits per heavy atom. The van der Waals surface area contributed by atoms with Crippen LogP contribution in [-0.4, -0.2) is 52.5 Å². The van der Waals surface area contributed by atoms with Gasteiger partial charge in [0.15, 0.2) is 0 Å². The molecule has 28 heavy (non-hydrogen) atoms. The molecule has 0 radical (unpaired) electrons. The van der Waals surface area contributed by atoms with Gasteiger partial charge < -0.3 is 9.47 Å². The minimum absolute atomic E-state index is 0.147. The molecule has 0 spiro atoms. The van der Waals surface area contributed by atoms with Crippen molar-refractivity contribution in [3.05, 3.63) is 45.7 Å². The van der Waals surface area contributed by atoms with E-state index in [1.807, 2.05) is 11.0 Å². The zero-order valence-electron chi connectivity index (χ0n) is 16.3. The van der Waals surface area contributed by atoms with Crippen LogP contribution in [0.5, 0.6) is 0 Å². The molecule has 2 bridgehead atoms. The highest BCUT2D eigenvalue weighted by Crippen LogP contribution is 2.41. The number of piperidine rings is 2. The zero-order chi connectivity index (χ0) is 19.3. The predicted molar refractivity (Wildman–Crippen MR) is 112 cm³/mol. The Kier molecular flexibility index (Phi) is 4.63. The van der Waals surface area contributed by atoms with Gasteiger partial charge in [0.25, 0.3) is 5.56 Å². The van der Waals surface area contributed by atoms with Gasteiger partial charge in [-0.3, -0.25) is 14.5 Å². The van der Waals surface area contributed by atoms with Crippen molar-refractivity contribution in [2.75, 3.05) is 26.2 Å². The lowest BCUT2D eigenvalue weighted by Crippen LogP contribution is -2.53. The number of rotatable bonds is 2. The standard InChI is InChI=1S/C22H27N3O2S/c1-15(26)23-8-6-18(7-9-23)24-12-16-11-17(14-24)22-19(20-3-2-10-28-20)4-5-21(27)25(22)13-16/h2-5,10,16-18H,6-9,11-14H2,1H3/t16-,17+/m0/s1. The SMILES string of the molecule is CC(=O)N1CCC(N2C[C@@H]3C[C@H](C2)c2c(-c4cccs4)ccc(=O)n2C3)CC1. The van der Waals surface area contributed by atoms with Gasteiger partial charge in [0.2, 0.25) is 5.91 Å². The average Bonchev–Trinajstić information content (AvgIpc) is 3.23. The summed E-state index contributed by atoms with van der Waals surface area (Å²) in [6, 6.07) is 8.59. The van der Waals surface area contributed by atoms with E-state index in [0.29, 0.717) is 17.9 Å². The predicted octanol–water partition coefficient (Wildman–Crippen LogP) is 3.01. The van der Waals surface area contributed by atoms with Crippen LogP contribution in [-0.2, 0) is 11.3 Å². The Bertz CT molecular complexity index is 928. The van der Waals surface area contributed by atoms with Crippen LogP contribution in [0.3, 0.4) is 0 Å². The molecule has 2 aromatic rings. The third-order valence-electron chi connectivity index (χ3n) is 6.83. The molecule has 2 saturated heterocycles. The molecule has 5 rings (SSSR count). The van der Waals surface area contributed by atoms with Crippen molar-refractivity contribution in [2.45, 2.75) is 44.7 Å². The Labute approximate surface area is 169 Å². The van der Waals surface area contributed by atoms with Gasteiger partial charge in [-0.05, 0) is 42.7 Å². The molecular formula is C22H27N3O2S. The second-order valence-corrected chi connectivity index (χ2v) is 9.50. The number of aromatic nitrogens is 1. The van der Waals surface area contributed by atoms with Crippen molar-refractivity contribution in [1.82, 2.24) is 14.4 Å². The van der Waals surface area contributed by atoms with Gasteiger partial charge in [0, 0.05) is 73.8 Å². The number of hydrogen-bond donors (Lipinski definition) is 0. The number of pyridine rings is 1. The fourth-order valence-electron chi connectivity index (χ4n) is 5.54. The molecule has 0 aromatic carbocycles. The molecule has 0 N–H and O–H groups in total. The van der Waals surface area contributed by atoms with Crippen LogP contribution < -0.4 is 5.56 Å². The van der Waals surface area contributed by atoms with Crippen molar-refractivity contribution in [3.63, 3.8) is 0 Å². The van der Waals surface area contributed by atoms with Crippen molar-refractivity contribution in [1.29, 1.82) is 0 Å². The van der Waals surface area contributed by atoms with Crippen molar-refractivity contribution in [3.8, 4) is 10.4 Å². The first-order valence-electron chi connectivity index (χ1n) is 10.4. The maximum absolute atomic E-state index is 12.6. The summed E-state index contributed by atoms with van der Waals surface area (Å²) in [5.74, 6) is 1.17. The van der Waals surface area contributed by atoms with Gasteiger partial charge in [0.1, 0.15) is 0 Å². The first-order chi connectivity index (χ1) is 13.6. The first-order valence-corrected chi connectivity index (χ1v) is 11.3. The number of thiophene rings is 1. The number of carbonyl (C=O) groups excluding carboxylic acids is 1. The largest absolute Gasteiger partial charge is 0.343 e. The molecule has 2 fully saturated rings. The fraction of sp³-hybridized carbons (Fsp3) is 0.545. The van der Waals surface area contributed by atoms with Gasteiger partial charge in [-0.25, -0.2) is 0 Å². The topological polar surface area (TPSA) is 45.6 Å². The fourth-order valence-corrected chi connectivity index (χ4v) is 6.30. The van der Waals surface area contributed by atoms with E-state index < -0.39 is 0 Å². The Balaban J connectivity index is 1.43. The molecule has 0 saturated carbocycles. The van der Waals surface area contributed by atoms with E-state index in [1.54, 1.807) is 24.3 Å². The lowest BCUT2D eigenvalue weighted by molar-refractivity contribution is -0.130. The molecule has 5 nitrogen and oxygen atoms in total. The summed E-state index contributed by atoms with van der Waals surface area (Å²) < 4.78 is 2.06. The number of carbonyl (C=O) groups is 1. The molecule has 1 amide bonds. The number of fused-ring (bicyclic) bond motifs is 4. The lowest BCUT2D eigenvalue weighted by Gasteiger charge is -2.48. The summed E-state index contributed by atoms with van der Waals surface area (Å²) in [5, 5.41) is 2.11. The summed E-state index contributed by atoms with van der Waals surface area (Å²) in [7, 11) is 0. The number of nitrogens with zero attached hydrogens (tertiary/aromatic N) is 3. The second kappa shape index (κ2) is 7.16. The maximum atomic E-state index is 12.6. The molecule has 2 atom stereocenters. The van der Waals surface area contributed by atoms with E-state index in [-0.39, 0.29) is 11.5 Å². The van der Waals surface area contributed by atoms with Crippen LogP contribution in [0.15, 0.2) is 34.4 Å². The van der Waals surface area contributed by atoms with E-state index in [2.05, 4.69) is 27.0 Å².